The van der Waals surface area contributed by atoms with Crippen molar-refractivity contribution in [2.75, 3.05) is 33.4 Å². The van der Waals surface area contributed by atoms with Gasteiger partial charge in [-0.2, -0.15) is 0 Å². The Morgan fingerprint density at radius 2 is 2.06 bits per heavy atom. The Balaban J connectivity index is 1.72. The van der Waals surface area contributed by atoms with Crippen LogP contribution >= 0.6 is 0 Å². The number of allylic oxidation sites excluding steroid dienone is 3. The van der Waals surface area contributed by atoms with E-state index >= 15 is 0 Å². The van der Waals surface area contributed by atoms with E-state index in [1.807, 2.05) is 30.3 Å². The number of rotatable bonds is 9. The number of hydrogen-bond acceptors (Lipinski definition) is 5. The standard InChI is InChI=1S/C26H33FN4O4/c1-4-24(32)29-23(18-34-16-20-10-6-5-7-11-20)25(28-3)31-19(2)9-8-12-22(31)17-35-26(33)30-14-13-21(27)15-30/h5-12,21,23H,2,4,13-18H2,1,3H3,(H,29,32). The van der Waals surface area contributed by atoms with Crippen molar-refractivity contribution in [3.8, 4) is 0 Å². The zero-order valence-electron chi connectivity index (χ0n) is 20.3. The van der Waals surface area contributed by atoms with Crippen molar-refractivity contribution >= 4 is 17.8 Å². The molecule has 2 aliphatic heterocycles. The average molecular weight is 485 g/mol. The molecule has 188 valence electrons. The Labute approximate surface area is 205 Å². The highest BCUT2D eigenvalue weighted by molar-refractivity contribution is 5.94. The Bertz CT molecular complexity index is 992. The van der Waals surface area contributed by atoms with E-state index in [4.69, 9.17) is 9.47 Å². The normalized spacial score (nSPS) is 18.9. The first-order chi connectivity index (χ1) is 16.9. The summed E-state index contributed by atoms with van der Waals surface area (Å²) < 4.78 is 24.9. The van der Waals surface area contributed by atoms with Crippen molar-refractivity contribution in [3.63, 3.8) is 0 Å². The maximum atomic E-state index is 13.5. The lowest BCUT2D eigenvalue weighted by Crippen LogP contribution is -2.51. The summed E-state index contributed by atoms with van der Waals surface area (Å²) in [6, 6.07) is 9.17. The third kappa shape index (κ3) is 7.26. The fraction of sp³-hybridized carbons (Fsp3) is 0.423. The maximum absolute atomic E-state index is 13.5. The lowest BCUT2D eigenvalue weighted by Gasteiger charge is -2.34. The second kappa shape index (κ2) is 12.9. The van der Waals surface area contributed by atoms with Crippen molar-refractivity contribution in [1.29, 1.82) is 0 Å². The molecule has 2 unspecified atom stereocenters. The summed E-state index contributed by atoms with van der Waals surface area (Å²) in [5, 5.41) is 2.97. The molecule has 1 aromatic carbocycles. The SMILES string of the molecule is C=C1C=CC=C(COC(=O)N2CCC(F)C2)N1C(=NC)C(COCc1ccccc1)NC(=O)CC. The number of likely N-dealkylation sites (tertiary alicyclic amines) is 1. The Hall–Kier alpha value is -3.46. The molecule has 1 fully saturated rings. The Kier molecular flexibility index (Phi) is 9.60. The number of nitrogens with one attached hydrogen (secondary N) is 1. The van der Waals surface area contributed by atoms with E-state index in [-0.39, 0.29) is 25.7 Å². The second-order valence-corrected chi connectivity index (χ2v) is 8.29. The van der Waals surface area contributed by atoms with Crippen LogP contribution in [-0.4, -0.2) is 73.2 Å². The van der Waals surface area contributed by atoms with Crippen LogP contribution in [-0.2, 0) is 20.9 Å². The number of benzene rings is 1. The molecular formula is C26H33FN4O4. The van der Waals surface area contributed by atoms with Crippen molar-refractivity contribution in [2.24, 2.45) is 4.99 Å². The van der Waals surface area contributed by atoms with Gasteiger partial charge >= 0.3 is 6.09 Å². The van der Waals surface area contributed by atoms with E-state index in [2.05, 4.69) is 16.9 Å². The van der Waals surface area contributed by atoms with Crippen LogP contribution in [0.5, 0.6) is 0 Å². The maximum Gasteiger partial charge on any atom is 0.410 e. The largest absolute Gasteiger partial charge is 0.443 e. The van der Waals surface area contributed by atoms with Crippen LogP contribution < -0.4 is 5.32 Å². The minimum Gasteiger partial charge on any atom is -0.443 e. The molecule has 0 bridgehead atoms. The van der Waals surface area contributed by atoms with Gasteiger partial charge in [-0.15, -0.1) is 0 Å². The minimum absolute atomic E-state index is 0.0414. The van der Waals surface area contributed by atoms with Gasteiger partial charge in [0.2, 0.25) is 5.91 Å². The van der Waals surface area contributed by atoms with E-state index in [9.17, 15) is 14.0 Å². The molecule has 0 aromatic heterocycles. The van der Waals surface area contributed by atoms with Crippen LogP contribution in [0.2, 0.25) is 0 Å². The molecule has 2 heterocycles. The van der Waals surface area contributed by atoms with Gasteiger partial charge in [0.1, 0.15) is 24.7 Å². The van der Waals surface area contributed by atoms with Crippen molar-refractivity contribution < 1.29 is 23.5 Å². The van der Waals surface area contributed by atoms with E-state index in [0.717, 1.165) is 5.56 Å². The number of ether oxygens (including phenoxy) is 2. The first-order valence-electron chi connectivity index (χ1n) is 11.7. The number of halogens is 1. The van der Waals surface area contributed by atoms with E-state index in [1.54, 1.807) is 37.1 Å². The molecule has 9 heteroatoms. The Morgan fingerprint density at radius 1 is 1.29 bits per heavy atom. The smallest absolute Gasteiger partial charge is 0.410 e. The van der Waals surface area contributed by atoms with Gasteiger partial charge in [-0.25, -0.2) is 9.18 Å². The molecular weight excluding hydrogens is 451 g/mol. The predicted molar refractivity (Wildman–Crippen MR) is 132 cm³/mol. The zero-order chi connectivity index (χ0) is 25.2. The van der Waals surface area contributed by atoms with Gasteiger partial charge in [-0.05, 0) is 24.1 Å². The zero-order valence-corrected chi connectivity index (χ0v) is 20.3. The van der Waals surface area contributed by atoms with Gasteiger partial charge in [0.05, 0.1) is 25.5 Å². The van der Waals surface area contributed by atoms with Gasteiger partial charge in [0, 0.05) is 25.7 Å². The fourth-order valence-corrected chi connectivity index (χ4v) is 3.88. The molecule has 1 aromatic rings. The number of amides is 2. The minimum atomic E-state index is -1.02. The first-order valence-corrected chi connectivity index (χ1v) is 11.7. The summed E-state index contributed by atoms with van der Waals surface area (Å²) in [7, 11) is 1.62. The van der Waals surface area contributed by atoms with Crippen molar-refractivity contribution in [1.82, 2.24) is 15.1 Å². The lowest BCUT2D eigenvalue weighted by molar-refractivity contribution is -0.121. The average Bonchev–Trinajstić information content (AvgIpc) is 3.31. The number of amidine groups is 1. The van der Waals surface area contributed by atoms with E-state index < -0.39 is 18.3 Å². The quantitative estimate of drug-likeness (QED) is 0.428. The summed E-state index contributed by atoms with van der Waals surface area (Å²) in [6.07, 6.45) is 4.43. The molecule has 0 aliphatic carbocycles. The molecule has 2 atom stereocenters. The first kappa shape index (κ1) is 26.2. The van der Waals surface area contributed by atoms with Crippen LogP contribution in [0.4, 0.5) is 9.18 Å². The van der Waals surface area contributed by atoms with Gasteiger partial charge in [-0.1, -0.05) is 49.9 Å². The highest BCUT2D eigenvalue weighted by Crippen LogP contribution is 2.22. The third-order valence-electron chi connectivity index (χ3n) is 5.71. The number of carbonyl (C=O) groups is 2. The fourth-order valence-electron chi connectivity index (χ4n) is 3.88. The summed E-state index contributed by atoms with van der Waals surface area (Å²) in [4.78, 5) is 32.3. The van der Waals surface area contributed by atoms with Crippen molar-refractivity contribution in [2.45, 2.75) is 38.6 Å². The van der Waals surface area contributed by atoms with Gasteiger partial charge in [-0.3, -0.25) is 14.7 Å². The molecule has 0 spiro atoms. The van der Waals surface area contributed by atoms with Crippen LogP contribution in [0, 0.1) is 0 Å². The molecule has 1 N–H and O–H groups in total. The van der Waals surface area contributed by atoms with Crippen molar-refractivity contribution in [3.05, 3.63) is 72.1 Å². The topological polar surface area (TPSA) is 83.5 Å². The van der Waals surface area contributed by atoms with Crippen LogP contribution in [0.3, 0.4) is 0 Å². The summed E-state index contributed by atoms with van der Waals surface area (Å²) in [5.74, 6) is 0.353. The van der Waals surface area contributed by atoms with Crippen LogP contribution in [0.15, 0.2) is 71.5 Å². The summed E-state index contributed by atoms with van der Waals surface area (Å²) >= 11 is 0. The predicted octanol–water partition coefficient (Wildman–Crippen LogP) is 3.58. The number of carbonyl (C=O) groups excluding carboxylic acids is 2. The van der Waals surface area contributed by atoms with E-state index in [1.165, 1.54) is 4.90 Å². The monoisotopic (exact) mass is 484 g/mol. The number of nitrogens with zero attached hydrogens (tertiary/aromatic N) is 3. The number of hydrogen-bond donors (Lipinski definition) is 1. The molecule has 2 aliphatic rings. The van der Waals surface area contributed by atoms with Gasteiger partial charge < -0.3 is 19.7 Å². The highest BCUT2D eigenvalue weighted by Gasteiger charge is 2.30. The molecule has 0 radical (unpaired) electrons. The van der Waals surface area contributed by atoms with Gasteiger partial charge in [0.25, 0.3) is 0 Å². The number of alkyl halides is 1. The molecule has 8 nitrogen and oxygen atoms in total. The summed E-state index contributed by atoms with van der Waals surface area (Å²) in [5.41, 5.74) is 2.22. The third-order valence-corrected chi connectivity index (χ3v) is 5.71. The number of aliphatic imine (C=N–C) groups is 1. The summed E-state index contributed by atoms with van der Waals surface area (Å²) in [6.45, 7) is 6.75. The molecule has 3 rings (SSSR count). The molecule has 35 heavy (non-hydrogen) atoms. The second-order valence-electron chi connectivity index (χ2n) is 8.29. The molecule has 0 saturated carbocycles. The highest BCUT2D eigenvalue weighted by atomic mass is 19.1. The molecule has 1 saturated heterocycles. The van der Waals surface area contributed by atoms with Crippen LogP contribution in [0.25, 0.3) is 0 Å². The van der Waals surface area contributed by atoms with Crippen LogP contribution in [0.1, 0.15) is 25.3 Å². The van der Waals surface area contributed by atoms with E-state index in [0.29, 0.717) is 43.2 Å². The lowest BCUT2D eigenvalue weighted by atomic mass is 10.1. The Morgan fingerprint density at radius 3 is 2.71 bits per heavy atom. The molecule has 2 amide bonds. The van der Waals surface area contributed by atoms with Gasteiger partial charge in [0.15, 0.2) is 0 Å².